The minimum absolute atomic E-state index is 0.724. The van der Waals surface area contributed by atoms with E-state index in [0.29, 0.717) is 0 Å². The molecular formula is C9H17NS. The van der Waals surface area contributed by atoms with Gasteiger partial charge in [-0.2, -0.15) is 11.8 Å². The first kappa shape index (κ1) is 7.93. The predicted octanol–water partition coefficient (Wildman–Crippen LogP) is 1.84. The van der Waals surface area contributed by atoms with Crippen LogP contribution in [0.1, 0.15) is 19.8 Å². The summed E-state index contributed by atoms with van der Waals surface area (Å²) < 4.78 is 0. The molecule has 1 saturated carbocycles. The molecule has 64 valence electrons. The van der Waals surface area contributed by atoms with Crippen LogP contribution in [-0.2, 0) is 0 Å². The highest BCUT2D eigenvalue weighted by molar-refractivity contribution is 7.99. The smallest absolute Gasteiger partial charge is 0.00729 e. The van der Waals surface area contributed by atoms with Crippen molar-refractivity contribution < 1.29 is 0 Å². The quantitative estimate of drug-likeness (QED) is 0.623. The fourth-order valence-electron chi connectivity index (χ4n) is 1.67. The molecule has 2 rings (SSSR count). The Balaban J connectivity index is 1.76. The molecule has 2 heteroatoms. The maximum absolute atomic E-state index is 2.64. The number of hydrogen-bond acceptors (Lipinski definition) is 2. The van der Waals surface area contributed by atoms with Crippen molar-refractivity contribution in [1.29, 1.82) is 0 Å². The van der Waals surface area contributed by atoms with Crippen molar-refractivity contribution >= 4 is 11.8 Å². The lowest BCUT2D eigenvalue weighted by atomic mass is 10.1. The van der Waals surface area contributed by atoms with Gasteiger partial charge in [-0.3, -0.25) is 0 Å². The lowest BCUT2D eigenvalue weighted by Gasteiger charge is -2.28. The van der Waals surface area contributed by atoms with Crippen LogP contribution in [0.4, 0.5) is 0 Å². The van der Waals surface area contributed by atoms with Crippen LogP contribution in [0.25, 0.3) is 0 Å². The summed E-state index contributed by atoms with van der Waals surface area (Å²) in [4.78, 5) is 2.64. The van der Waals surface area contributed by atoms with Crippen molar-refractivity contribution in [3.63, 3.8) is 0 Å². The van der Waals surface area contributed by atoms with E-state index in [-0.39, 0.29) is 0 Å². The van der Waals surface area contributed by atoms with E-state index < -0.39 is 0 Å². The van der Waals surface area contributed by atoms with Gasteiger partial charge in [0.25, 0.3) is 0 Å². The summed E-state index contributed by atoms with van der Waals surface area (Å²) in [5.74, 6) is 2.71. The summed E-state index contributed by atoms with van der Waals surface area (Å²) in [5.41, 5.74) is 0.724. The van der Waals surface area contributed by atoms with Crippen LogP contribution in [0, 0.1) is 5.41 Å². The summed E-state index contributed by atoms with van der Waals surface area (Å²) in [6.07, 6.45) is 2.94. The Kier molecular flexibility index (Phi) is 2.15. The van der Waals surface area contributed by atoms with E-state index in [4.69, 9.17) is 0 Å². The topological polar surface area (TPSA) is 3.24 Å². The third-order valence-electron chi connectivity index (χ3n) is 2.81. The third-order valence-corrected chi connectivity index (χ3v) is 3.76. The standard InChI is InChI=1S/C9H17NS/c1-9(2-3-9)8-10-4-6-11-7-5-10/h2-8H2,1H3. The lowest BCUT2D eigenvalue weighted by Crippen LogP contribution is -2.36. The summed E-state index contributed by atoms with van der Waals surface area (Å²) in [6, 6.07) is 0. The van der Waals surface area contributed by atoms with Gasteiger partial charge in [-0.15, -0.1) is 0 Å². The minimum Gasteiger partial charge on any atom is -0.301 e. The predicted molar refractivity (Wildman–Crippen MR) is 51.1 cm³/mol. The maximum Gasteiger partial charge on any atom is 0.00729 e. The van der Waals surface area contributed by atoms with E-state index in [9.17, 15) is 0 Å². The maximum atomic E-state index is 2.64. The molecular weight excluding hydrogens is 154 g/mol. The molecule has 11 heavy (non-hydrogen) atoms. The number of thioether (sulfide) groups is 1. The van der Waals surface area contributed by atoms with Gasteiger partial charge in [0, 0.05) is 31.1 Å². The van der Waals surface area contributed by atoms with E-state index in [1.165, 1.54) is 44.0 Å². The molecule has 1 aliphatic carbocycles. The van der Waals surface area contributed by atoms with Gasteiger partial charge in [-0.25, -0.2) is 0 Å². The zero-order valence-electron chi connectivity index (χ0n) is 7.31. The Hall–Kier alpha value is 0.310. The molecule has 2 aliphatic rings. The highest BCUT2D eigenvalue weighted by Crippen LogP contribution is 2.45. The molecule has 2 fully saturated rings. The van der Waals surface area contributed by atoms with E-state index >= 15 is 0 Å². The van der Waals surface area contributed by atoms with E-state index in [1.807, 2.05) is 0 Å². The Bertz CT molecular complexity index is 136. The molecule has 1 saturated heterocycles. The minimum atomic E-state index is 0.724. The Morgan fingerprint density at radius 3 is 2.45 bits per heavy atom. The van der Waals surface area contributed by atoms with Crippen LogP contribution < -0.4 is 0 Å². The third kappa shape index (κ3) is 2.12. The molecule has 0 aromatic heterocycles. The average molecular weight is 171 g/mol. The monoisotopic (exact) mass is 171 g/mol. The van der Waals surface area contributed by atoms with Crippen molar-refractivity contribution in [1.82, 2.24) is 4.90 Å². The molecule has 1 aliphatic heterocycles. The first-order valence-corrected chi connectivity index (χ1v) is 5.74. The van der Waals surface area contributed by atoms with E-state index in [2.05, 4.69) is 23.6 Å². The molecule has 0 aromatic rings. The van der Waals surface area contributed by atoms with Crippen LogP contribution in [0.15, 0.2) is 0 Å². The number of hydrogen-bond donors (Lipinski definition) is 0. The van der Waals surface area contributed by atoms with Gasteiger partial charge in [-0.05, 0) is 18.3 Å². The highest BCUT2D eigenvalue weighted by atomic mass is 32.2. The molecule has 0 amide bonds. The summed E-state index contributed by atoms with van der Waals surface area (Å²) in [7, 11) is 0. The second-order valence-electron chi connectivity index (χ2n) is 4.20. The number of nitrogens with zero attached hydrogens (tertiary/aromatic N) is 1. The van der Waals surface area contributed by atoms with Crippen LogP contribution in [0.2, 0.25) is 0 Å². The van der Waals surface area contributed by atoms with Crippen molar-refractivity contribution in [2.45, 2.75) is 19.8 Å². The van der Waals surface area contributed by atoms with Crippen molar-refractivity contribution in [3.05, 3.63) is 0 Å². The SMILES string of the molecule is CC1(CN2CCSCC2)CC1. The molecule has 1 nitrogen and oxygen atoms in total. The highest BCUT2D eigenvalue weighted by Gasteiger charge is 2.38. The second-order valence-corrected chi connectivity index (χ2v) is 5.42. The van der Waals surface area contributed by atoms with Gasteiger partial charge >= 0.3 is 0 Å². The van der Waals surface area contributed by atoms with Crippen LogP contribution in [-0.4, -0.2) is 36.0 Å². The second kappa shape index (κ2) is 2.98. The fourth-order valence-corrected chi connectivity index (χ4v) is 2.65. The van der Waals surface area contributed by atoms with Gasteiger partial charge in [0.2, 0.25) is 0 Å². The molecule has 0 spiro atoms. The summed E-state index contributed by atoms with van der Waals surface area (Å²) >= 11 is 2.10. The normalized spacial score (nSPS) is 30.3. The molecule has 0 radical (unpaired) electrons. The van der Waals surface area contributed by atoms with Gasteiger partial charge in [0.15, 0.2) is 0 Å². The Morgan fingerprint density at radius 2 is 1.91 bits per heavy atom. The molecule has 0 aromatic carbocycles. The van der Waals surface area contributed by atoms with Gasteiger partial charge in [0.1, 0.15) is 0 Å². The Labute approximate surface area is 73.5 Å². The lowest BCUT2D eigenvalue weighted by molar-refractivity contribution is 0.249. The van der Waals surface area contributed by atoms with Crippen LogP contribution >= 0.6 is 11.8 Å². The van der Waals surface area contributed by atoms with Gasteiger partial charge in [-0.1, -0.05) is 6.92 Å². The van der Waals surface area contributed by atoms with E-state index in [0.717, 1.165) is 5.41 Å². The van der Waals surface area contributed by atoms with Crippen LogP contribution in [0.3, 0.4) is 0 Å². The largest absolute Gasteiger partial charge is 0.301 e. The zero-order chi connectivity index (χ0) is 7.73. The molecule has 0 bridgehead atoms. The first-order valence-electron chi connectivity index (χ1n) is 4.59. The molecule has 0 unspecified atom stereocenters. The van der Waals surface area contributed by atoms with Crippen molar-refractivity contribution in [3.8, 4) is 0 Å². The molecule has 0 N–H and O–H groups in total. The zero-order valence-corrected chi connectivity index (χ0v) is 8.12. The van der Waals surface area contributed by atoms with Crippen LogP contribution in [0.5, 0.6) is 0 Å². The van der Waals surface area contributed by atoms with E-state index in [1.54, 1.807) is 0 Å². The average Bonchev–Trinajstić information content (AvgIpc) is 2.70. The molecule has 0 atom stereocenters. The number of rotatable bonds is 2. The van der Waals surface area contributed by atoms with Gasteiger partial charge < -0.3 is 4.90 Å². The Morgan fingerprint density at radius 1 is 1.27 bits per heavy atom. The summed E-state index contributed by atoms with van der Waals surface area (Å²) in [5, 5.41) is 0. The van der Waals surface area contributed by atoms with Gasteiger partial charge in [0.05, 0.1) is 0 Å². The fraction of sp³-hybridized carbons (Fsp3) is 1.00. The first-order chi connectivity index (χ1) is 5.29. The van der Waals surface area contributed by atoms with Crippen molar-refractivity contribution in [2.24, 2.45) is 5.41 Å². The summed E-state index contributed by atoms with van der Waals surface area (Å²) in [6.45, 7) is 6.46. The van der Waals surface area contributed by atoms with Crippen molar-refractivity contribution in [2.75, 3.05) is 31.1 Å². The molecule has 1 heterocycles.